The molecule has 1 atom stereocenters. The largest absolute Gasteiger partial charge is 0.356 e. The van der Waals surface area contributed by atoms with Crippen molar-refractivity contribution < 1.29 is 4.79 Å². The van der Waals surface area contributed by atoms with Crippen LogP contribution in [0, 0.1) is 5.92 Å². The monoisotopic (exact) mass is 167 g/mol. The molecule has 1 heterocycles. The minimum absolute atomic E-state index is 0.230. The van der Waals surface area contributed by atoms with E-state index in [1.54, 1.807) is 0 Å². The summed E-state index contributed by atoms with van der Waals surface area (Å²) in [6.45, 7) is 5.01. The Labute approximate surface area is 74.0 Å². The topological polar surface area (TPSA) is 29.1 Å². The summed E-state index contributed by atoms with van der Waals surface area (Å²) in [5.74, 6) is 0.465. The minimum Gasteiger partial charge on any atom is -0.356 e. The van der Waals surface area contributed by atoms with Crippen LogP contribution in [0.3, 0.4) is 0 Å². The van der Waals surface area contributed by atoms with Crippen molar-refractivity contribution in [3.8, 4) is 0 Å². The molecule has 1 fully saturated rings. The highest BCUT2D eigenvalue weighted by Gasteiger charge is 2.19. The van der Waals surface area contributed by atoms with E-state index in [1.165, 1.54) is 5.57 Å². The number of carbonyl (C=O) groups excluding carboxylic acids is 1. The van der Waals surface area contributed by atoms with Gasteiger partial charge in [0.25, 0.3) is 0 Å². The molecule has 68 valence electrons. The Kier molecular flexibility index (Phi) is 3.32. The smallest absolute Gasteiger partial charge is 0.223 e. The molecule has 1 aliphatic rings. The predicted octanol–water partition coefficient (Wildman–Crippen LogP) is 1.87. The number of hydrogen-bond donors (Lipinski definition) is 1. The fourth-order valence-corrected chi connectivity index (χ4v) is 1.44. The van der Waals surface area contributed by atoms with Gasteiger partial charge in [-0.2, -0.15) is 0 Å². The lowest BCUT2D eigenvalue weighted by Gasteiger charge is -2.20. The summed E-state index contributed by atoms with van der Waals surface area (Å²) in [4.78, 5) is 11.3. The van der Waals surface area contributed by atoms with Gasteiger partial charge in [-0.3, -0.25) is 4.79 Å². The first kappa shape index (κ1) is 9.30. The Bertz CT molecular complexity index is 192. The van der Waals surface area contributed by atoms with Crippen LogP contribution < -0.4 is 5.32 Å². The zero-order chi connectivity index (χ0) is 8.97. The average molecular weight is 167 g/mol. The Hall–Kier alpha value is -0.790. The lowest BCUT2D eigenvalue weighted by atomic mass is 9.94. The van der Waals surface area contributed by atoms with E-state index >= 15 is 0 Å². The van der Waals surface area contributed by atoms with E-state index < -0.39 is 0 Å². The second kappa shape index (κ2) is 4.29. The fourth-order valence-electron chi connectivity index (χ4n) is 1.44. The van der Waals surface area contributed by atoms with Crippen molar-refractivity contribution in [2.45, 2.75) is 33.1 Å². The summed E-state index contributed by atoms with van der Waals surface area (Å²) in [7, 11) is 0. The number of amides is 1. The third-order valence-electron chi connectivity index (χ3n) is 2.21. The maximum Gasteiger partial charge on any atom is 0.223 e. The molecule has 1 aliphatic heterocycles. The molecule has 0 saturated carbocycles. The highest BCUT2D eigenvalue weighted by atomic mass is 16.1. The molecule has 0 radical (unpaired) electrons. The summed E-state index contributed by atoms with van der Waals surface area (Å²) >= 11 is 0. The molecule has 0 aliphatic carbocycles. The van der Waals surface area contributed by atoms with Crippen molar-refractivity contribution in [1.82, 2.24) is 5.32 Å². The Balaban J connectivity index is 2.39. The second-order valence-corrected chi connectivity index (χ2v) is 3.65. The maximum atomic E-state index is 11.3. The van der Waals surface area contributed by atoms with Crippen LogP contribution in [-0.4, -0.2) is 12.5 Å². The van der Waals surface area contributed by atoms with E-state index in [9.17, 15) is 4.79 Å². The molecule has 1 N–H and O–H groups in total. The minimum atomic E-state index is 0.230. The van der Waals surface area contributed by atoms with Crippen molar-refractivity contribution in [2.24, 2.45) is 5.92 Å². The van der Waals surface area contributed by atoms with Crippen LogP contribution >= 0.6 is 0 Å². The van der Waals surface area contributed by atoms with E-state index in [2.05, 4.69) is 25.2 Å². The first-order valence-corrected chi connectivity index (χ1v) is 4.61. The molecule has 1 saturated heterocycles. The van der Waals surface area contributed by atoms with Gasteiger partial charge in [0.05, 0.1) is 0 Å². The molecule has 0 aromatic heterocycles. The summed E-state index contributed by atoms with van der Waals surface area (Å²) in [6, 6.07) is 0. The van der Waals surface area contributed by atoms with E-state index in [0.29, 0.717) is 0 Å². The molecule has 2 nitrogen and oxygen atoms in total. The molecule has 0 aromatic carbocycles. The van der Waals surface area contributed by atoms with Crippen LogP contribution in [0.5, 0.6) is 0 Å². The second-order valence-electron chi connectivity index (χ2n) is 3.65. The van der Waals surface area contributed by atoms with E-state index in [4.69, 9.17) is 0 Å². The van der Waals surface area contributed by atoms with Crippen LogP contribution in [-0.2, 0) is 4.79 Å². The lowest BCUT2D eigenvalue weighted by molar-refractivity contribution is -0.126. The Morgan fingerprint density at radius 1 is 1.67 bits per heavy atom. The van der Waals surface area contributed by atoms with Crippen molar-refractivity contribution in [3.63, 3.8) is 0 Å². The summed E-state index contributed by atoms with van der Waals surface area (Å²) in [6.07, 6.45) is 5.24. The Morgan fingerprint density at radius 3 is 3.00 bits per heavy atom. The zero-order valence-corrected chi connectivity index (χ0v) is 7.89. The van der Waals surface area contributed by atoms with Crippen LogP contribution in [0.25, 0.3) is 0 Å². The number of nitrogens with one attached hydrogen (secondary N) is 1. The number of hydrogen-bond acceptors (Lipinski definition) is 1. The molecule has 0 bridgehead atoms. The molecule has 2 heteroatoms. The Morgan fingerprint density at radius 2 is 2.42 bits per heavy atom. The SMILES string of the molecule is CC(C)=CCC1CCCNC1=O. The predicted molar refractivity (Wildman–Crippen MR) is 49.8 cm³/mol. The average Bonchev–Trinajstić information content (AvgIpc) is 2.03. The molecule has 0 aromatic rings. The van der Waals surface area contributed by atoms with Gasteiger partial charge >= 0.3 is 0 Å². The lowest BCUT2D eigenvalue weighted by Crippen LogP contribution is -2.36. The molecule has 1 rings (SSSR count). The summed E-state index contributed by atoms with van der Waals surface area (Å²) in [5, 5.41) is 2.89. The number of carbonyl (C=O) groups is 1. The standard InChI is InChI=1S/C10H17NO/c1-8(2)5-6-9-4-3-7-11-10(9)12/h5,9H,3-4,6-7H2,1-2H3,(H,11,12). The van der Waals surface area contributed by atoms with E-state index in [1.807, 2.05) is 0 Å². The van der Waals surface area contributed by atoms with E-state index in [-0.39, 0.29) is 11.8 Å². The quantitative estimate of drug-likeness (QED) is 0.625. The highest BCUT2D eigenvalue weighted by molar-refractivity contribution is 5.79. The zero-order valence-electron chi connectivity index (χ0n) is 7.89. The molecular weight excluding hydrogens is 150 g/mol. The summed E-state index contributed by atoms with van der Waals surface area (Å²) < 4.78 is 0. The van der Waals surface area contributed by atoms with Crippen LogP contribution in [0.15, 0.2) is 11.6 Å². The van der Waals surface area contributed by atoms with Crippen LogP contribution in [0.4, 0.5) is 0 Å². The summed E-state index contributed by atoms with van der Waals surface area (Å²) in [5.41, 5.74) is 1.30. The molecule has 1 amide bonds. The van der Waals surface area contributed by atoms with Gasteiger partial charge < -0.3 is 5.32 Å². The fraction of sp³-hybridized carbons (Fsp3) is 0.700. The van der Waals surface area contributed by atoms with Gasteiger partial charge in [0.2, 0.25) is 5.91 Å². The van der Waals surface area contributed by atoms with Gasteiger partial charge in [0.1, 0.15) is 0 Å². The molecule has 12 heavy (non-hydrogen) atoms. The van der Waals surface area contributed by atoms with Crippen molar-refractivity contribution in [1.29, 1.82) is 0 Å². The third-order valence-corrected chi connectivity index (χ3v) is 2.21. The molecular formula is C10H17NO. The molecule has 1 unspecified atom stereocenters. The number of rotatable bonds is 2. The van der Waals surface area contributed by atoms with Gasteiger partial charge in [-0.1, -0.05) is 11.6 Å². The highest BCUT2D eigenvalue weighted by Crippen LogP contribution is 2.16. The van der Waals surface area contributed by atoms with Gasteiger partial charge in [0.15, 0.2) is 0 Å². The van der Waals surface area contributed by atoms with Crippen LogP contribution in [0.1, 0.15) is 33.1 Å². The first-order chi connectivity index (χ1) is 5.70. The normalized spacial score (nSPS) is 23.2. The van der Waals surface area contributed by atoms with Crippen molar-refractivity contribution in [2.75, 3.05) is 6.54 Å². The van der Waals surface area contributed by atoms with Crippen molar-refractivity contribution >= 4 is 5.91 Å². The van der Waals surface area contributed by atoms with Gasteiger partial charge in [-0.15, -0.1) is 0 Å². The third kappa shape index (κ3) is 2.68. The van der Waals surface area contributed by atoms with Gasteiger partial charge in [-0.05, 0) is 33.1 Å². The van der Waals surface area contributed by atoms with Gasteiger partial charge in [0, 0.05) is 12.5 Å². The van der Waals surface area contributed by atoms with Crippen LogP contribution in [0.2, 0.25) is 0 Å². The number of allylic oxidation sites excluding steroid dienone is 2. The van der Waals surface area contributed by atoms with Crippen molar-refractivity contribution in [3.05, 3.63) is 11.6 Å². The van der Waals surface area contributed by atoms with Gasteiger partial charge in [-0.25, -0.2) is 0 Å². The molecule has 0 spiro atoms. The maximum absolute atomic E-state index is 11.3. The number of piperidine rings is 1. The van der Waals surface area contributed by atoms with E-state index in [0.717, 1.165) is 25.8 Å². The first-order valence-electron chi connectivity index (χ1n) is 4.61.